The first-order chi connectivity index (χ1) is 8.68. The number of nitrogens with zero attached hydrogens (tertiary/aromatic N) is 2. The normalized spacial score (nSPS) is 17.1. The monoisotopic (exact) mass is 243 g/mol. The summed E-state index contributed by atoms with van der Waals surface area (Å²) in [5.74, 6) is -0.126. The molecule has 0 aromatic carbocycles. The highest BCUT2D eigenvalue weighted by Crippen LogP contribution is 2.37. The van der Waals surface area contributed by atoms with Gasteiger partial charge in [0.05, 0.1) is 6.07 Å². The molecule has 1 N–H and O–H groups in total. The summed E-state index contributed by atoms with van der Waals surface area (Å²) in [6.07, 6.45) is 6.79. The zero-order valence-corrected chi connectivity index (χ0v) is 10.6. The number of aryl methyl sites for hydroxylation is 1. The van der Waals surface area contributed by atoms with E-state index in [2.05, 4.69) is 16.4 Å². The number of carbonyl (C=O) groups is 1. The molecule has 1 fully saturated rings. The highest BCUT2D eigenvalue weighted by atomic mass is 16.2. The molecule has 0 spiro atoms. The average molecular weight is 243 g/mol. The molecule has 0 saturated heterocycles. The van der Waals surface area contributed by atoms with Gasteiger partial charge in [0.2, 0.25) is 5.91 Å². The number of aromatic nitrogens is 1. The van der Waals surface area contributed by atoms with E-state index in [0.717, 1.165) is 24.0 Å². The van der Waals surface area contributed by atoms with Crippen molar-refractivity contribution in [3.05, 3.63) is 29.6 Å². The first kappa shape index (κ1) is 12.6. The fourth-order valence-electron chi connectivity index (χ4n) is 2.41. The molecule has 1 amide bonds. The molecule has 1 aliphatic carbocycles. The smallest absolute Gasteiger partial charge is 0.240 e. The van der Waals surface area contributed by atoms with E-state index in [1.54, 1.807) is 12.4 Å². The Morgan fingerprint density at radius 3 is 2.89 bits per heavy atom. The van der Waals surface area contributed by atoms with Crippen LogP contribution in [-0.2, 0) is 11.3 Å². The van der Waals surface area contributed by atoms with Crippen LogP contribution >= 0.6 is 0 Å². The zero-order valence-electron chi connectivity index (χ0n) is 10.6. The fourth-order valence-corrected chi connectivity index (χ4v) is 2.41. The third kappa shape index (κ3) is 2.35. The van der Waals surface area contributed by atoms with Crippen molar-refractivity contribution < 1.29 is 4.79 Å². The van der Waals surface area contributed by atoms with E-state index in [4.69, 9.17) is 0 Å². The number of hydrogen-bond acceptors (Lipinski definition) is 3. The topological polar surface area (TPSA) is 65.8 Å². The van der Waals surface area contributed by atoms with Crippen LogP contribution in [0.2, 0.25) is 0 Å². The molecule has 4 nitrogen and oxygen atoms in total. The fraction of sp³-hybridized carbons (Fsp3) is 0.500. The van der Waals surface area contributed by atoms with Gasteiger partial charge in [0.15, 0.2) is 0 Å². The van der Waals surface area contributed by atoms with Crippen molar-refractivity contribution in [1.29, 1.82) is 5.26 Å². The lowest BCUT2D eigenvalue weighted by Crippen LogP contribution is -2.37. The van der Waals surface area contributed by atoms with E-state index in [-0.39, 0.29) is 5.91 Å². The third-order valence-corrected chi connectivity index (χ3v) is 3.68. The molecule has 1 saturated carbocycles. The Morgan fingerprint density at radius 2 is 2.28 bits per heavy atom. The van der Waals surface area contributed by atoms with Gasteiger partial charge in [0.25, 0.3) is 0 Å². The number of nitrogens with one attached hydrogen (secondary N) is 1. The van der Waals surface area contributed by atoms with Crippen LogP contribution in [0.3, 0.4) is 0 Å². The van der Waals surface area contributed by atoms with E-state index >= 15 is 0 Å². The third-order valence-electron chi connectivity index (χ3n) is 3.68. The van der Waals surface area contributed by atoms with Crippen molar-refractivity contribution in [3.8, 4) is 6.07 Å². The minimum absolute atomic E-state index is 0.126. The Balaban J connectivity index is 2.01. The maximum Gasteiger partial charge on any atom is 0.240 e. The Hall–Kier alpha value is -1.89. The molecule has 0 aliphatic heterocycles. The molecule has 0 unspecified atom stereocenters. The molecule has 94 valence electrons. The molecule has 18 heavy (non-hydrogen) atoms. The summed E-state index contributed by atoms with van der Waals surface area (Å²) in [4.78, 5) is 16.1. The van der Waals surface area contributed by atoms with Gasteiger partial charge in [-0.15, -0.1) is 0 Å². The molecule has 4 heteroatoms. The Kier molecular flexibility index (Phi) is 3.61. The van der Waals surface area contributed by atoms with Gasteiger partial charge >= 0.3 is 0 Å². The molecule has 1 aromatic heterocycles. The van der Waals surface area contributed by atoms with E-state index < -0.39 is 5.41 Å². The van der Waals surface area contributed by atoms with Crippen LogP contribution in [0.25, 0.3) is 0 Å². The van der Waals surface area contributed by atoms with Gasteiger partial charge in [-0.1, -0.05) is 12.8 Å². The summed E-state index contributed by atoms with van der Waals surface area (Å²) in [5, 5.41) is 12.1. The average Bonchev–Trinajstić information content (AvgIpc) is 2.87. The molecular formula is C14H17N3O. The highest BCUT2D eigenvalue weighted by Gasteiger charge is 2.41. The predicted molar refractivity (Wildman–Crippen MR) is 67.3 cm³/mol. The van der Waals surface area contributed by atoms with Crippen molar-refractivity contribution in [2.24, 2.45) is 5.41 Å². The van der Waals surface area contributed by atoms with Gasteiger partial charge in [0.1, 0.15) is 5.41 Å². The standard InChI is InChI=1S/C14H17N3O/c1-11-8-16-7-4-12(11)9-17-13(18)14(10-15)5-2-3-6-14/h4,7-8H,2-3,5-6,9H2,1H3,(H,17,18). The van der Waals surface area contributed by atoms with Gasteiger partial charge in [-0.25, -0.2) is 0 Å². The number of amides is 1. The SMILES string of the molecule is Cc1cnccc1CNC(=O)C1(C#N)CCCC1. The maximum atomic E-state index is 12.1. The number of hydrogen-bond donors (Lipinski definition) is 1. The van der Waals surface area contributed by atoms with Crippen LogP contribution in [0, 0.1) is 23.7 Å². The lowest BCUT2D eigenvalue weighted by molar-refractivity contribution is -0.128. The van der Waals surface area contributed by atoms with Crippen molar-refractivity contribution in [2.75, 3.05) is 0 Å². The quantitative estimate of drug-likeness (QED) is 0.884. The Bertz CT molecular complexity index is 484. The second-order valence-electron chi connectivity index (χ2n) is 4.89. The lowest BCUT2D eigenvalue weighted by atomic mass is 9.87. The molecule has 1 aromatic rings. The van der Waals surface area contributed by atoms with Crippen LogP contribution in [0.5, 0.6) is 0 Å². The lowest BCUT2D eigenvalue weighted by Gasteiger charge is -2.19. The summed E-state index contributed by atoms with van der Waals surface area (Å²) in [6.45, 7) is 2.43. The van der Waals surface area contributed by atoms with E-state index in [1.807, 2.05) is 13.0 Å². The van der Waals surface area contributed by atoms with Crippen molar-refractivity contribution >= 4 is 5.91 Å². The van der Waals surface area contributed by atoms with E-state index in [0.29, 0.717) is 19.4 Å². The van der Waals surface area contributed by atoms with Crippen LogP contribution in [-0.4, -0.2) is 10.9 Å². The molecule has 2 rings (SSSR count). The minimum atomic E-state index is -0.791. The number of pyridine rings is 1. The molecule has 0 bridgehead atoms. The summed E-state index contributed by atoms with van der Waals surface area (Å²) >= 11 is 0. The van der Waals surface area contributed by atoms with Crippen LogP contribution < -0.4 is 5.32 Å². The van der Waals surface area contributed by atoms with Crippen molar-refractivity contribution in [1.82, 2.24) is 10.3 Å². The largest absolute Gasteiger partial charge is 0.351 e. The number of nitriles is 1. The summed E-state index contributed by atoms with van der Waals surface area (Å²) in [7, 11) is 0. The van der Waals surface area contributed by atoms with Crippen LogP contribution in [0.1, 0.15) is 36.8 Å². The summed E-state index contributed by atoms with van der Waals surface area (Å²) < 4.78 is 0. The second-order valence-corrected chi connectivity index (χ2v) is 4.89. The minimum Gasteiger partial charge on any atom is -0.351 e. The van der Waals surface area contributed by atoms with Gasteiger partial charge in [-0.05, 0) is 37.0 Å². The molecule has 1 aliphatic rings. The molecule has 0 atom stereocenters. The maximum absolute atomic E-state index is 12.1. The summed E-state index contributed by atoms with van der Waals surface area (Å²) in [5.41, 5.74) is 1.31. The van der Waals surface area contributed by atoms with E-state index in [9.17, 15) is 10.1 Å². The van der Waals surface area contributed by atoms with Crippen molar-refractivity contribution in [2.45, 2.75) is 39.2 Å². The first-order valence-corrected chi connectivity index (χ1v) is 6.27. The molecule has 0 radical (unpaired) electrons. The number of rotatable bonds is 3. The van der Waals surface area contributed by atoms with Crippen LogP contribution in [0.15, 0.2) is 18.5 Å². The number of carbonyl (C=O) groups excluding carboxylic acids is 1. The molecule has 1 heterocycles. The van der Waals surface area contributed by atoms with Crippen molar-refractivity contribution in [3.63, 3.8) is 0 Å². The van der Waals surface area contributed by atoms with Gasteiger partial charge < -0.3 is 5.32 Å². The van der Waals surface area contributed by atoms with Gasteiger partial charge in [0, 0.05) is 18.9 Å². The predicted octanol–water partition coefficient (Wildman–Crippen LogP) is 2.09. The Labute approximate surface area is 107 Å². The second kappa shape index (κ2) is 5.18. The highest BCUT2D eigenvalue weighted by molar-refractivity contribution is 5.85. The zero-order chi connectivity index (χ0) is 13.0. The summed E-state index contributed by atoms with van der Waals surface area (Å²) in [6, 6.07) is 4.10. The molecular weight excluding hydrogens is 226 g/mol. The van der Waals surface area contributed by atoms with Gasteiger partial charge in [-0.2, -0.15) is 5.26 Å². The Morgan fingerprint density at radius 1 is 1.56 bits per heavy atom. The van der Waals surface area contributed by atoms with Crippen LogP contribution in [0.4, 0.5) is 0 Å². The first-order valence-electron chi connectivity index (χ1n) is 6.27. The van der Waals surface area contributed by atoms with E-state index in [1.165, 1.54) is 0 Å². The van der Waals surface area contributed by atoms with Gasteiger partial charge in [-0.3, -0.25) is 9.78 Å².